The molecular formula is C19H24N4O4. The highest BCUT2D eigenvalue weighted by Crippen LogP contribution is 2.29. The van der Waals surface area contributed by atoms with Gasteiger partial charge in [-0.25, -0.2) is 0 Å². The average Bonchev–Trinajstić information content (AvgIpc) is 2.69. The van der Waals surface area contributed by atoms with Crippen molar-refractivity contribution in [2.24, 2.45) is 11.8 Å². The predicted octanol–water partition coefficient (Wildman–Crippen LogP) is 2.44. The Morgan fingerprint density at radius 2 is 1.93 bits per heavy atom. The molecule has 8 heteroatoms. The first-order valence-corrected chi connectivity index (χ1v) is 9.17. The molecule has 1 atom stereocenters. The number of nitro benzene ring substituents is 1. The fourth-order valence-electron chi connectivity index (χ4n) is 3.43. The van der Waals surface area contributed by atoms with Gasteiger partial charge >= 0.3 is 0 Å². The number of rotatable bonds is 8. The number of non-ortho nitro benzene ring substituents is 1. The van der Waals surface area contributed by atoms with E-state index in [1.807, 2.05) is 6.07 Å². The van der Waals surface area contributed by atoms with Gasteiger partial charge in [0.1, 0.15) is 12.5 Å². The van der Waals surface area contributed by atoms with Crippen molar-refractivity contribution in [1.29, 1.82) is 5.26 Å². The van der Waals surface area contributed by atoms with E-state index in [2.05, 4.69) is 10.6 Å². The van der Waals surface area contributed by atoms with E-state index in [1.54, 1.807) is 12.1 Å². The van der Waals surface area contributed by atoms with Crippen LogP contribution < -0.4 is 10.6 Å². The Balaban J connectivity index is 2.01. The Morgan fingerprint density at radius 3 is 2.59 bits per heavy atom. The fourth-order valence-corrected chi connectivity index (χ4v) is 3.43. The van der Waals surface area contributed by atoms with Crippen LogP contribution in [-0.2, 0) is 16.1 Å². The number of nitriles is 1. The Bertz CT molecular complexity index is 723. The van der Waals surface area contributed by atoms with E-state index in [0.717, 1.165) is 25.7 Å². The van der Waals surface area contributed by atoms with E-state index in [1.165, 1.54) is 18.6 Å². The largest absolute Gasteiger partial charge is 0.351 e. The normalized spacial score (nSPS) is 15.4. The molecule has 1 unspecified atom stereocenters. The average molecular weight is 372 g/mol. The SMILES string of the molecule is N#CCNC(=O)C(CC1CCCCC1)C(=O)NCc1cccc([N+](=O)[O-])c1. The first kappa shape index (κ1) is 20.4. The molecule has 1 aromatic carbocycles. The summed E-state index contributed by atoms with van der Waals surface area (Å²) in [6, 6.07) is 7.85. The van der Waals surface area contributed by atoms with E-state index >= 15 is 0 Å². The summed E-state index contributed by atoms with van der Waals surface area (Å²) in [5.41, 5.74) is 0.540. The van der Waals surface area contributed by atoms with Gasteiger partial charge in [0.05, 0.1) is 11.0 Å². The summed E-state index contributed by atoms with van der Waals surface area (Å²) in [5.74, 6) is -1.40. The molecule has 1 aliphatic rings. The second-order valence-electron chi connectivity index (χ2n) is 6.81. The number of nitrogens with one attached hydrogen (secondary N) is 2. The van der Waals surface area contributed by atoms with Gasteiger partial charge in [-0.3, -0.25) is 19.7 Å². The molecule has 1 aromatic rings. The van der Waals surface area contributed by atoms with E-state index in [-0.39, 0.29) is 18.8 Å². The Morgan fingerprint density at radius 1 is 1.22 bits per heavy atom. The van der Waals surface area contributed by atoms with E-state index in [4.69, 9.17) is 5.26 Å². The highest BCUT2D eigenvalue weighted by Gasteiger charge is 2.30. The number of benzene rings is 1. The minimum atomic E-state index is -0.861. The molecule has 0 saturated heterocycles. The zero-order valence-corrected chi connectivity index (χ0v) is 15.1. The van der Waals surface area contributed by atoms with Crippen molar-refractivity contribution in [1.82, 2.24) is 10.6 Å². The maximum Gasteiger partial charge on any atom is 0.269 e. The van der Waals surface area contributed by atoms with Gasteiger partial charge in [-0.15, -0.1) is 0 Å². The quantitative estimate of drug-likeness (QED) is 0.314. The minimum absolute atomic E-state index is 0.0488. The molecule has 0 aliphatic heterocycles. The molecule has 0 bridgehead atoms. The molecule has 144 valence electrons. The van der Waals surface area contributed by atoms with Crippen LogP contribution >= 0.6 is 0 Å². The van der Waals surface area contributed by atoms with Gasteiger partial charge < -0.3 is 10.6 Å². The summed E-state index contributed by atoms with van der Waals surface area (Å²) in [4.78, 5) is 35.3. The van der Waals surface area contributed by atoms with Crippen LogP contribution in [0.2, 0.25) is 0 Å². The third-order valence-corrected chi connectivity index (χ3v) is 4.86. The fraction of sp³-hybridized carbons (Fsp3) is 0.526. The van der Waals surface area contributed by atoms with Crippen molar-refractivity contribution in [3.05, 3.63) is 39.9 Å². The molecule has 2 rings (SSSR count). The van der Waals surface area contributed by atoms with Crippen molar-refractivity contribution in [2.75, 3.05) is 6.54 Å². The maximum atomic E-state index is 12.6. The molecule has 1 aliphatic carbocycles. The van der Waals surface area contributed by atoms with Gasteiger partial charge in [0, 0.05) is 18.7 Å². The zero-order chi connectivity index (χ0) is 19.6. The van der Waals surface area contributed by atoms with Crippen molar-refractivity contribution >= 4 is 17.5 Å². The van der Waals surface area contributed by atoms with Crippen molar-refractivity contribution in [3.63, 3.8) is 0 Å². The summed E-state index contributed by atoms with van der Waals surface area (Å²) < 4.78 is 0. The summed E-state index contributed by atoms with van der Waals surface area (Å²) in [5, 5.41) is 24.7. The smallest absolute Gasteiger partial charge is 0.269 e. The van der Waals surface area contributed by atoms with Crippen LogP contribution in [0.25, 0.3) is 0 Å². The molecular weight excluding hydrogens is 348 g/mol. The van der Waals surface area contributed by atoms with Crippen LogP contribution in [0, 0.1) is 33.3 Å². The monoisotopic (exact) mass is 372 g/mol. The van der Waals surface area contributed by atoms with Gasteiger partial charge in [0.25, 0.3) is 5.69 Å². The van der Waals surface area contributed by atoms with E-state index in [9.17, 15) is 19.7 Å². The maximum absolute atomic E-state index is 12.6. The number of carbonyl (C=O) groups is 2. The second-order valence-corrected chi connectivity index (χ2v) is 6.81. The van der Waals surface area contributed by atoms with Crippen LogP contribution in [0.3, 0.4) is 0 Å². The molecule has 0 heterocycles. The lowest BCUT2D eigenvalue weighted by Gasteiger charge is -2.25. The lowest BCUT2D eigenvalue weighted by molar-refractivity contribution is -0.384. The second kappa shape index (κ2) is 10.3. The van der Waals surface area contributed by atoms with Crippen molar-refractivity contribution in [2.45, 2.75) is 45.1 Å². The van der Waals surface area contributed by atoms with Crippen LogP contribution in [-0.4, -0.2) is 23.3 Å². The molecule has 27 heavy (non-hydrogen) atoms. The van der Waals surface area contributed by atoms with Gasteiger partial charge in [-0.05, 0) is 17.9 Å². The number of carbonyl (C=O) groups excluding carboxylic acids is 2. The zero-order valence-electron chi connectivity index (χ0n) is 15.1. The van der Waals surface area contributed by atoms with E-state index in [0.29, 0.717) is 17.9 Å². The molecule has 0 spiro atoms. The molecule has 1 fully saturated rings. The molecule has 1 saturated carbocycles. The number of hydrogen-bond donors (Lipinski definition) is 2. The third kappa shape index (κ3) is 6.37. The third-order valence-electron chi connectivity index (χ3n) is 4.86. The number of nitrogens with zero attached hydrogens (tertiary/aromatic N) is 2. The summed E-state index contributed by atoms with van der Waals surface area (Å²) in [7, 11) is 0. The highest BCUT2D eigenvalue weighted by atomic mass is 16.6. The summed E-state index contributed by atoms with van der Waals surface area (Å²) in [6.07, 6.45) is 5.85. The standard InChI is InChI=1S/C19H24N4O4/c20-9-10-21-18(24)17(12-14-5-2-1-3-6-14)19(25)22-13-15-7-4-8-16(11-15)23(26)27/h4,7-8,11,14,17H,1-3,5-6,10,12-13H2,(H,21,24)(H,22,25). The molecule has 2 N–H and O–H groups in total. The Kier molecular flexibility index (Phi) is 7.74. The predicted molar refractivity (Wildman–Crippen MR) is 98.2 cm³/mol. The molecule has 2 amide bonds. The summed E-state index contributed by atoms with van der Waals surface area (Å²) in [6.45, 7) is -0.0363. The summed E-state index contributed by atoms with van der Waals surface area (Å²) >= 11 is 0. The number of amides is 2. The topological polar surface area (TPSA) is 125 Å². The molecule has 0 aromatic heterocycles. The van der Waals surface area contributed by atoms with Crippen molar-refractivity contribution < 1.29 is 14.5 Å². The van der Waals surface area contributed by atoms with Crippen LogP contribution in [0.1, 0.15) is 44.1 Å². The van der Waals surface area contributed by atoms with Gasteiger partial charge in [0.15, 0.2) is 0 Å². The van der Waals surface area contributed by atoms with Crippen LogP contribution in [0.15, 0.2) is 24.3 Å². The highest BCUT2D eigenvalue weighted by molar-refractivity contribution is 6.00. The molecule has 0 radical (unpaired) electrons. The minimum Gasteiger partial charge on any atom is -0.351 e. The van der Waals surface area contributed by atoms with Gasteiger partial charge in [-0.2, -0.15) is 5.26 Å². The Labute approximate surface area is 158 Å². The van der Waals surface area contributed by atoms with Gasteiger partial charge in [0.2, 0.25) is 11.8 Å². The van der Waals surface area contributed by atoms with Crippen LogP contribution in [0.5, 0.6) is 0 Å². The van der Waals surface area contributed by atoms with Crippen LogP contribution in [0.4, 0.5) is 5.69 Å². The molecule has 8 nitrogen and oxygen atoms in total. The lowest BCUT2D eigenvalue weighted by Crippen LogP contribution is -2.42. The Hall–Kier alpha value is -2.95. The van der Waals surface area contributed by atoms with Gasteiger partial charge in [-0.1, -0.05) is 44.2 Å². The first-order valence-electron chi connectivity index (χ1n) is 9.17. The van der Waals surface area contributed by atoms with E-state index < -0.39 is 22.7 Å². The lowest BCUT2D eigenvalue weighted by atomic mass is 9.82. The number of nitro groups is 1. The van der Waals surface area contributed by atoms with Crippen molar-refractivity contribution in [3.8, 4) is 6.07 Å². The number of hydrogen-bond acceptors (Lipinski definition) is 5. The first-order chi connectivity index (χ1) is 13.0.